The Kier molecular flexibility index (Phi) is 9.57. The first-order chi connectivity index (χ1) is 20.1. The van der Waals surface area contributed by atoms with Crippen LogP contribution >= 0.6 is 0 Å². The van der Waals surface area contributed by atoms with Crippen LogP contribution in [-0.2, 0) is 50.7 Å². The first kappa shape index (κ1) is 32.5. The van der Waals surface area contributed by atoms with E-state index in [1.807, 2.05) is 65.8 Å². The smallest absolute Gasteiger partial charge is 0.410 e. The molecule has 0 radical (unpaired) electrons. The van der Waals surface area contributed by atoms with Crippen molar-refractivity contribution in [2.75, 3.05) is 27.3 Å². The van der Waals surface area contributed by atoms with Crippen molar-refractivity contribution in [3.05, 3.63) is 69.8 Å². The van der Waals surface area contributed by atoms with Gasteiger partial charge in [-0.1, -0.05) is 36.4 Å². The normalized spacial score (nSPS) is 16.7. The van der Waals surface area contributed by atoms with Crippen LogP contribution in [-0.4, -0.2) is 66.3 Å². The third kappa shape index (κ3) is 8.36. The standard InChI is InChI=1S/C18H25NO4.C16H21NO3/c1-17(2,3)23-16(20)19(4)12-13-5-6-15-14(11-13)7-8-18(15)21-9-10-22-18;1-16(2,3)20-15(19)17(4)10-11-5-7-13-12(9-11)6-8-14(13)18/h5-6,11H,7-10,12H2,1-4H3;5,7,9H,6,8,10H2,1-4H3. The van der Waals surface area contributed by atoms with Crippen LogP contribution < -0.4 is 0 Å². The molecule has 3 aliphatic rings. The highest BCUT2D eigenvalue weighted by Gasteiger charge is 2.44. The molecule has 1 saturated heterocycles. The van der Waals surface area contributed by atoms with Gasteiger partial charge in [-0.2, -0.15) is 0 Å². The number of carbonyl (C=O) groups is 3. The molecule has 234 valence electrons. The Balaban J connectivity index is 0.000000199. The van der Waals surface area contributed by atoms with E-state index in [1.54, 1.807) is 23.9 Å². The first-order valence-corrected chi connectivity index (χ1v) is 15.0. The van der Waals surface area contributed by atoms with Crippen LogP contribution in [0.25, 0.3) is 0 Å². The minimum atomic E-state index is -0.523. The number of benzene rings is 2. The molecular formula is C34H46N2O7. The Morgan fingerprint density at radius 2 is 1.28 bits per heavy atom. The van der Waals surface area contributed by atoms with E-state index in [9.17, 15) is 14.4 Å². The lowest BCUT2D eigenvalue weighted by atomic mass is 10.0. The molecule has 43 heavy (non-hydrogen) atoms. The summed E-state index contributed by atoms with van der Waals surface area (Å²) >= 11 is 0. The van der Waals surface area contributed by atoms with E-state index >= 15 is 0 Å². The maximum Gasteiger partial charge on any atom is 0.410 e. The molecule has 2 aromatic carbocycles. The zero-order valence-electron chi connectivity index (χ0n) is 26.9. The topological polar surface area (TPSA) is 94.6 Å². The quantitative estimate of drug-likeness (QED) is 0.405. The number of aryl methyl sites for hydroxylation is 2. The fraction of sp³-hybridized carbons (Fsp3) is 0.559. The van der Waals surface area contributed by atoms with Crippen molar-refractivity contribution in [3.63, 3.8) is 0 Å². The number of ether oxygens (including phenoxy) is 4. The van der Waals surface area contributed by atoms with Crippen molar-refractivity contribution >= 4 is 18.0 Å². The molecule has 0 saturated carbocycles. The molecule has 5 rings (SSSR count). The Bertz CT molecular complexity index is 1350. The molecule has 2 aromatic rings. The third-order valence-corrected chi connectivity index (χ3v) is 7.40. The molecule has 2 amide bonds. The van der Waals surface area contributed by atoms with E-state index in [1.165, 1.54) is 5.56 Å². The van der Waals surface area contributed by atoms with Gasteiger partial charge in [0.2, 0.25) is 0 Å². The van der Waals surface area contributed by atoms with Gasteiger partial charge in [-0.3, -0.25) is 4.79 Å². The highest BCUT2D eigenvalue weighted by atomic mass is 16.7. The van der Waals surface area contributed by atoms with Gasteiger partial charge in [-0.05, 0) is 76.6 Å². The number of fused-ring (bicyclic) bond motifs is 3. The lowest BCUT2D eigenvalue weighted by Crippen LogP contribution is -2.33. The average molecular weight is 595 g/mol. The molecule has 0 atom stereocenters. The van der Waals surface area contributed by atoms with Crippen molar-refractivity contribution in [2.45, 2.75) is 97.3 Å². The summed E-state index contributed by atoms with van der Waals surface area (Å²) in [6, 6.07) is 12.0. The molecule has 0 aromatic heterocycles. The zero-order chi connectivity index (χ0) is 31.6. The van der Waals surface area contributed by atoms with Crippen molar-refractivity contribution in [1.82, 2.24) is 9.80 Å². The van der Waals surface area contributed by atoms with Gasteiger partial charge in [-0.15, -0.1) is 0 Å². The van der Waals surface area contributed by atoms with Crippen LogP contribution in [0.2, 0.25) is 0 Å². The minimum absolute atomic E-state index is 0.215. The average Bonchev–Trinajstić information content (AvgIpc) is 3.62. The molecule has 1 heterocycles. The SMILES string of the molecule is CN(Cc1ccc2c(c1)CCC21OCCO1)C(=O)OC(C)(C)C.CN(Cc1ccc2c(c1)CCC2=O)C(=O)OC(C)(C)C. The monoisotopic (exact) mass is 594 g/mol. The summed E-state index contributed by atoms with van der Waals surface area (Å²) in [6.07, 6.45) is 2.57. The summed E-state index contributed by atoms with van der Waals surface area (Å²) < 4.78 is 22.4. The molecule has 0 N–H and O–H groups in total. The van der Waals surface area contributed by atoms with Crippen molar-refractivity contribution in [2.24, 2.45) is 0 Å². The van der Waals surface area contributed by atoms with E-state index in [4.69, 9.17) is 18.9 Å². The molecule has 1 spiro atoms. The minimum Gasteiger partial charge on any atom is -0.444 e. The number of carbonyl (C=O) groups excluding carboxylic acids is 3. The van der Waals surface area contributed by atoms with Gasteiger partial charge < -0.3 is 28.7 Å². The van der Waals surface area contributed by atoms with Crippen LogP contribution in [0.15, 0.2) is 36.4 Å². The number of nitrogens with zero attached hydrogens (tertiary/aromatic N) is 2. The summed E-state index contributed by atoms with van der Waals surface area (Å²) in [4.78, 5) is 38.7. The van der Waals surface area contributed by atoms with Crippen LogP contribution in [0.3, 0.4) is 0 Å². The molecule has 9 heteroatoms. The van der Waals surface area contributed by atoms with Crippen molar-refractivity contribution in [1.29, 1.82) is 0 Å². The number of ketones is 1. The second kappa shape index (κ2) is 12.7. The fourth-order valence-corrected chi connectivity index (χ4v) is 5.48. The summed E-state index contributed by atoms with van der Waals surface area (Å²) in [6.45, 7) is 13.5. The molecule has 1 fully saturated rings. The summed E-state index contributed by atoms with van der Waals surface area (Å²) in [5.74, 6) is -0.308. The predicted molar refractivity (Wildman–Crippen MR) is 163 cm³/mol. The summed E-state index contributed by atoms with van der Waals surface area (Å²) in [5, 5.41) is 0. The Labute approximate surface area is 255 Å². The molecule has 0 unspecified atom stereocenters. The summed E-state index contributed by atoms with van der Waals surface area (Å²) in [7, 11) is 3.47. The molecule has 0 bridgehead atoms. The van der Waals surface area contributed by atoms with Gasteiger partial charge >= 0.3 is 12.2 Å². The van der Waals surface area contributed by atoms with Crippen LogP contribution in [0.4, 0.5) is 9.59 Å². The molecule has 9 nitrogen and oxygen atoms in total. The lowest BCUT2D eigenvalue weighted by Gasteiger charge is -2.25. The van der Waals surface area contributed by atoms with Gasteiger partial charge in [0.05, 0.1) is 13.2 Å². The van der Waals surface area contributed by atoms with Crippen LogP contribution in [0, 0.1) is 0 Å². The Morgan fingerprint density at radius 1 is 0.767 bits per heavy atom. The van der Waals surface area contributed by atoms with E-state index in [2.05, 4.69) is 12.1 Å². The van der Waals surface area contributed by atoms with Gasteiger partial charge in [-0.25, -0.2) is 9.59 Å². The number of rotatable bonds is 4. The van der Waals surface area contributed by atoms with E-state index in [-0.39, 0.29) is 18.0 Å². The number of Topliss-reactive ketones (excluding diaryl/α,β-unsaturated/α-hetero) is 1. The van der Waals surface area contributed by atoms with Crippen molar-refractivity contribution < 1.29 is 33.3 Å². The molecule has 1 aliphatic heterocycles. The second-order valence-corrected chi connectivity index (χ2v) is 13.5. The number of hydrogen-bond acceptors (Lipinski definition) is 7. The van der Waals surface area contributed by atoms with Gasteiger partial charge in [0.25, 0.3) is 0 Å². The number of amides is 2. The Morgan fingerprint density at radius 3 is 1.81 bits per heavy atom. The second-order valence-electron chi connectivity index (χ2n) is 13.5. The van der Waals surface area contributed by atoms with Crippen molar-refractivity contribution in [3.8, 4) is 0 Å². The van der Waals surface area contributed by atoms with Gasteiger partial charge in [0, 0.05) is 51.2 Å². The van der Waals surface area contributed by atoms with E-state index < -0.39 is 17.0 Å². The zero-order valence-corrected chi connectivity index (χ0v) is 26.9. The lowest BCUT2D eigenvalue weighted by molar-refractivity contribution is -0.163. The van der Waals surface area contributed by atoms with E-state index in [0.29, 0.717) is 32.7 Å². The Hall–Kier alpha value is -3.43. The highest BCUT2D eigenvalue weighted by molar-refractivity contribution is 6.00. The predicted octanol–water partition coefficient (Wildman–Crippen LogP) is 6.38. The summed E-state index contributed by atoms with van der Waals surface area (Å²) in [5.41, 5.74) is 5.45. The van der Waals surface area contributed by atoms with Gasteiger partial charge in [0.1, 0.15) is 11.2 Å². The number of hydrogen-bond donors (Lipinski definition) is 0. The maximum absolute atomic E-state index is 12.1. The van der Waals surface area contributed by atoms with Crippen LogP contribution in [0.5, 0.6) is 0 Å². The first-order valence-electron chi connectivity index (χ1n) is 15.0. The maximum atomic E-state index is 12.1. The fourth-order valence-electron chi connectivity index (χ4n) is 5.48. The van der Waals surface area contributed by atoms with E-state index in [0.717, 1.165) is 47.1 Å². The largest absolute Gasteiger partial charge is 0.444 e. The van der Waals surface area contributed by atoms with Crippen LogP contribution in [0.1, 0.15) is 92.6 Å². The highest BCUT2D eigenvalue weighted by Crippen LogP contribution is 2.43. The molecule has 2 aliphatic carbocycles. The third-order valence-electron chi connectivity index (χ3n) is 7.40. The molecular weight excluding hydrogens is 548 g/mol. The van der Waals surface area contributed by atoms with Gasteiger partial charge in [0.15, 0.2) is 11.6 Å².